The van der Waals surface area contributed by atoms with Crippen molar-refractivity contribution in [1.29, 1.82) is 0 Å². The van der Waals surface area contributed by atoms with Crippen molar-refractivity contribution < 1.29 is 9.59 Å². The maximum Gasteiger partial charge on any atom is 0.245 e. The highest BCUT2D eigenvalue weighted by molar-refractivity contribution is 6.31. The van der Waals surface area contributed by atoms with E-state index < -0.39 is 5.54 Å². The van der Waals surface area contributed by atoms with Gasteiger partial charge in [-0.1, -0.05) is 43.6 Å². The Balaban J connectivity index is 2.11. The van der Waals surface area contributed by atoms with Gasteiger partial charge in [0.05, 0.1) is 0 Å². The number of nitrogens with one attached hydrogen (secondary N) is 1. The summed E-state index contributed by atoms with van der Waals surface area (Å²) in [5, 5.41) is 3.60. The molecule has 1 atom stereocenters. The molecule has 2 rings (SSSR count). The highest BCUT2D eigenvalue weighted by Crippen LogP contribution is 2.33. The van der Waals surface area contributed by atoms with Gasteiger partial charge in [0.15, 0.2) is 0 Å². The predicted octanol–water partition coefficient (Wildman–Crippen LogP) is 3.38. The highest BCUT2D eigenvalue weighted by atomic mass is 35.5. The van der Waals surface area contributed by atoms with E-state index in [4.69, 9.17) is 11.6 Å². The van der Waals surface area contributed by atoms with Crippen LogP contribution in [0.25, 0.3) is 0 Å². The maximum atomic E-state index is 12.6. The molecule has 0 aliphatic carbocycles. The first kappa shape index (κ1) is 17.8. The quantitative estimate of drug-likeness (QED) is 0.865. The number of benzene rings is 1. The number of nitrogens with zero attached hydrogens (tertiary/aromatic N) is 1. The first-order valence-electron chi connectivity index (χ1n) is 8.17. The zero-order chi connectivity index (χ0) is 17.0. The molecule has 2 amide bonds. The van der Waals surface area contributed by atoms with Crippen molar-refractivity contribution >= 4 is 23.4 Å². The van der Waals surface area contributed by atoms with Crippen molar-refractivity contribution in [3.05, 3.63) is 34.9 Å². The minimum Gasteiger partial charge on any atom is -0.354 e. The summed E-state index contributed by atoms with van der Waals surface area (Å²) in [7, 11) is 0. The second-order valence-electron chi connectivity index (χ2n) is 6.78. The summed E-state index contributed by atoms with van der Waals surface area (Å²) < 4.78 is 0. The van der Waals surface area contributed by atoms with E-state index >= 15 is 0 Å². The number of carbonyl (C=O) groups excluding carboxylic acids is 2. The lowest BCUT2D eigenvalue weighted by Crippen LogP contribution is -2.54. The van der Waals surface area contributed by atoms with Crippen LogP contribution in [0.1, 0.15) is 45.6 Å². The Morgan fingerprint density at radius 2 is 2.09 bits per heavy atom. The first-order chi connectivity index (χ1) is 10.8. The van der Waals surface area contributed by atoms with E-state index in [9.17, 15) is 9.59 Å². The van der Waals surface area contributed by atoms with Gasteiger partial charge in [-0.2, -0.15) is 0 Å². The van der Waals surface area contributed by atoms with E-state index in [1.807, 2.05) is 25.1 Å². The smallest absolute Gasteiger partial charge is 0.245 e. The number of carbonyl (C=O) groups is 2. The Morgan fingerprint density at radius 1 is 1.39 bits per heavy atom. The number of hydrogen-bond donors (Lipinski definition) is 1. The summed E-state index contributed by atoms with van der Waals surface area (Å²) in [5.74, 6) is 0.468. The van der Waals surface area contributed by atoms with Crippen LogP contribution in [0.3, 0.4) is 0 Å². The first-order valence-corrected chi connectivity index (χ1v) is 8.54. The minimum absolute atomic E-state index is 0.00595. The number of rotatable bonds is 6. The molecular formula is C18H25ClN2O2. The Hall–Kier alpha value is -1.55. The van der Waals surface area contributed by atoms with Crippen LogP contribution < -0.4 is 5.32 Å². The van der Waals surface area contributed by atoms with Gasteiger partial charge in [-0.3, -0.25) is 9.59 Å². The van der Waals surface area contributed by atoms with E-state index in [2.05, 4.69) is 19.2 Å². The molecular weight excluding hydrogens is 312 g/mol. The SMILES string of the molecule is CC(C)CCNC(=O)[C@@]1(C)CCC(=O)N1Cc1ccccc1Cl. The highest BCUT2D eigenvalue weighted by Gasteiger charge is 2.47. The lowest BCUT2D eigenvalue weighted by molar-refractivity contribution is -0.141. The predicted molar refractivity (Wildman–Crippen MR) is 92.1 cm³/mol. The molecule has 1 fully saturated rings. The van der Waals surface area contributed by atoms with Gasteiger partial charge in [0, 0.05) is 24.5 Å². The molecule has 0 aromatic heterocycles. The van der Waals surface area contributed by atoms with E-state index in [0.29, 0.717) is 36.9 Å². The van der Waals surface area contributed by atoms with Gasteiger partial charge in [0.25, 0.3) is 0 Å². The second-order valence-corrected chi connectivity index (χ2v) is 7.19. The van der Waals surface area contributed by atoms with E-state index in [1.54, 1.807) is 11.0 Å². The van der Waals surface area contributed by atoms with Gasteiger partial charge in [-0.15, -0.1) is 0 Å². The monoisotopic (exact) mass is 336 g/mol. The fourth-order valence-electron chi connectivity index (χ4n) is 2.86. The summed E-state index contributed by atoms with van der Waals surface area (Å²) in [4.78, 5) is 26.6. The fraction of sp³-hybridized carbons (Fsp3) is 0.556. The summed E-state index contributed by atoms with van der Waals surface area (Å²) in [6.07, 6.45) is 1.88. The molecule has 1 aliphatic rings. The molecule has 0 bridgehead atoms. The number of hydrogen-bond acceptors (Lipinski definition) is 2. The molecule has 1 saturated heterocycles. The molecule has 0 spiro atoms. The Kier molecular flexibility index (Phi) is 5.69. The summed E-state index contributed by atoms with van der Waals surface area (Å²) >= 11 is 6.20. The summed E-state index contributed by atoms with van der Waals surface area (Å²) in [6, 6.07) is 7.44. The van der Waals surface area contributed by atoms with Crippen molar-refractivity contribution in [3.63, 3.8) is 0 Å². The third-order valence-corrected chi connectivity index (χ3v) is 4.87. The van der Waals surface area contributed by atoms with Crippen LogP contribution in [0.15, 0.2) is 24.3 Å². The van der Waals surface area contributed by atoms with Crippen LogP contribution >= 0.6 is 11.6 Å². The average Bonchev–Trinajstić information content (AvgIpc) is 2.78. The Labute approximate surface area is 143 Å². The van der Waals surface area contributed by atoms with Gasteiger partial charge in [-0.05, 0) is 37.3 Å². The molecule has 126 valence electrons. The third-order valence-electron chi connectivity index (χ3n) is 4.51. The summed E-state index contributed by atoms with van der Waals surface area (Å²) in [5.41, 5.74) is 0.0679. The Bertz CT molecular complexity index is 588. The Morgan fingerprint density at radius 3 is 2.74 bits per heavy atom. The van der Waals surface area contributed by atoms with Crippen LogP contribution in [0.5, 0.6) is 0 Å². The minimum atomic E-state index is -0.798. The van der Waals surface area contributed by atoms with Crippen molar-refractivity contribution in [2.45, 2.75) is 52.1 Å². The van der Waals surface area contributed by atoms with Gasteiger partial charge in [0.1, 0.15) is 5.54 Å². The van der Waals surface area contributed by atoms with Crippen LogP contribution in [-0.2, 0) is 16.1 Å². The van der Waals surface area contributed by atoms with E-state index in [1.165, 1.54) is 0 Å². The maximum absolute atomic E-state index is 12.6. The van der Waals surface area contributed by atoms with Gasteiger partial charge >= 0.3 is 0 Å². The van der Waals surface area contributed by atoms with Crippen molar-refractivity contribution in [1.82, 2.24) is 10.2 Å². The molecule has 0 radical (unpaired) electrons. The molecule has 1 aromatic carbocycles. The molecule has 1 aromatic rings. The molecule has 1 heterocycles. The van der Waals surface area contributed by atoms with Crippen molar-refractivity contribution in [2.75, 3.05) is 6.54 Å². The van der Waals surface area contributed by atoms with Crippen LogP contribution in [0, 0.1) is 5.92 Å². The molecule has 5 heteroatoms. The zero-order valence-electron chi connectivity index (χ0n) is 14.1. The molecule has 4 nitrogen and oxygen atoms in total. The fourth-order valence-corrected chi connectivity index (χ4v) is 3.05. The van der Waals surface area contributed by atoms with Gasteiger partial charge < -0.3 is 10.2 Å². The van der Waals surface area contributed by atoms with Crippen molar-refractivity contribution in [2.24, 2.45) is 5.92 Å². The molecule has 23 heavy (non-hydrogen) atoms. The van der Waals surface area contributed by atoms with Gasteiger partial charge in [0.2, 0.25) is 11.8 Å². The molecule has 0 saturated carbocycles. The topological polar surface area (TPSA) is 49.4 Å². The standard InChI is InChI=1S/C18H25ClN2O2/c1-13(2)9-11-20-17(23)18(3)10-8-16(22)21(18)12-14-6-4-5-7-15(14)19/h4-7,13H,8-12H2,1-3H3,(H,20,23)/t18-/m1/s1. The number of halogens is 1. The zero-order valence-corrected chi connectivity index (χ0v) is 14.8. The van der Waals surface area contributed by atoms with Crippen LogP contribution in [-0.4, -0.2) is 28.8 Å². The van der Waals surface area contributed by atoms with Crippen molar-refractivity contribution in [3.8, 4) is 0 Å². The lowest BCUT2D eigenvalue weighted by atomic mass is 9.96. The molecule has 0 unspecified atom stereocenters. The largest absolute Gasteiger partial charge is 0.354 e. The molecule has 1 N–H and O–H groups in total. The van der Waals surface area contributed by atoms with Crippen LogP contribution in [0.2, 0.25) is 5.02 Å². The van der Waals surface area contributed by atoms with E-state index in [0.717, 1.165) is 12.0 Å². The normalized spacial score (nSPS) is 21.1. The van der Waals surface area contributed by atoms with Gasteiger partial charge in [-0.25, -0.2) is 0 Å². The summed E-state index contributed by atoms with van der Waals surface area (Å²) in [6.45, 7) is 7.10. The number of amides is 2. The van der Waals surface area contributed by atoms with E-state index in [-0.39, 0.29) is 11.8 Å². The second kappa shape index (κ2) is 7.35. The average molecular weight is 337 g/mol. The van der Waals surface area contributed by atoms with Crippen LogP contribution in [0.4, 0.5) is 0 Å². The molecule has 1 aliphatic heterocycles. The number of likely N-dealkylation sites (tertiary alicyclic amines) is 1. The third kappa shape index (κ3) is 4.05. The lowest BCUT2D eigenvalue weighted by Gasteiger charge is -2.34.